The molecule has 6 heteroatoms. The van der Waals surface area contributed by atoms with E-state index in [1.54, 1.807) is 6.92 Å². The van der Waals surface area contributed by atoms with Crippen molar-refractivity contribution in [2.75, 3.05) is 13.1 Å². The molecule has 1 amide bonds. The Balaban J connectivity index is 1.78. The van der Waals surface area contributed by atoms with Gasteiger partial charge >= 0.3 is 0 Å². The molecule has 1 fully saturated rings. The van der Waals surface area contributed by atoms with Crippen molar-refractivity contribution in [2.24, 2.45) is 0 Å². The summed E-state index contributed by atoms with van der Waals surface area (Å²) in [4.78, 5) is 14.6. The van der Waals surface area contributed by atoms with Crippen molar-refractivity contribution in [1.82, 2.24) is 19.8 Å². The molecule has 0 N–H and O–H groups in total. The molecular formula is C15H20N4O2. The Labute approximate surface area is 123 Å². The minimum absolute atomic E-state index is 0.0137. The van der Waals surface area contributed by atoms with Crippen molar-refractivity contribution in [2.45, 2.75) is 39.7 Å². The highest BCUT2D eigenvalue weighted by Crippen LogP contribution is 2.24. The van der Waals surface area contributed by atoms with Crippen LogP contribution in [0, 0.1) is 20.8 Å². The van der Waals surface area contributed by atoms with Gasteiger partial charge in [0.2, 0.25) is 0 Å². The molecule has 0 spiro atoms. The molecule has 0 saturated carbocycles. The number of carbonyl (C=O) groups excluding carboxylic acids is 1. The predicted octanol–water partition coefficient (Wildman–Crippen LogP) is 2.27. The summed E-state index contributed by atoms with van der Waals surface area (Å²) < 4.78 is 7.08. The molecule has 6 nitrogen and oxygen atoms in total. The van der Waals surface area contributed by atoms with Crippen LogP contribution in [0.15, 0.2) is 16.9 Å². The number of carbonyl (C=O) groups is 1. The number of likely N-dealkylation sites (tertiary alicyclic amines) is 1. The second-order valence-electron chi connectivity index (χ2n) is 5.74. The lowest BCUT2D eigenvalue weighted by atomic mass is 10.0. The summed E-state index contributed by atoms with van der Waals surface area (Å²) in [5.41, 5.74) is 2.41. The summed E-state index contributed by atoms with van der Waals surface area (Å²) in [7, 11) is 0. The van der Waals surface area contributed by atoms with E-state index in [-0.39, 0.29) is 11.9 Å². The van der Waals surface area contributed by atoms with E-state index in [2.05, 4.69) is 10.3 Å². The van der Waals surface area contributed by atoms with Crippen LogP contribution >= 0.6 is 0 Å². The number of aromatic nitrogens is 3. The Kier molecular flexibility index (Phi) is 3.53. The van der Waals surface area contributed by atoms with Gasteiger partial charge in [-0.2, -0.15) is 5.10 Å². The van der Waals surface area contributed by atoms with Crippen molar-refractivity contribution >= 4 is 5.91 Å². The molecular weight excluding hydrogens is 268 g/mol. The number of piperidine rings is 1. The van der Waals surface area contributed by atoms with Gasteiger partial charge in [0.05, 0.1) is 17.9 Å². The zero-order chi connectivity index (χ0) is 15.0. The summed E-state index contributed by atoms with van der Waals surface area (Å²) in [6.07, 6.45) is 5.93. The first-order chi connectivity index (χ1) is 10.1. The van der Waals surface area contributed by atoms with Gasteiger partial charge in [0, 0.05) is 19.3 Å². The van der Waals surface area contributed by atoms with E-state index in [9.17, 15) is 4.79 Å². The highest BCUT2D eigenvalue weighted by Gasteiger charge is 2.29. The maximum absolute atomic E-state index is 12.7. The van der Waals surface area contributed by atoms with Crippen molar-refractivity contribution in [3.05, 3.63) is 35.0 Å². The Morgan fingerprint density at radius 3 is 2.81 bits per heavy atom. The number of rotatable bonds is 2. The Bertz CT molecular complexity index is 639. The minimum atomic E-state index is 0.0137. The number of hydrogen-bond donors (Lipinski definition) is 0. The fourth-order valence-electron chi connectivity index (χ4n) is 2.93. The summed E-state index contributed by atoms with van der Waals surface area (Å²) >= 11 is 0. The molecule has 0 unspecified atom stereocenters. The van der Waals surface area contributed by atoms with Gasteiger partial charge in [0.15, 0.2) is 0 Å². The number of hydrogen-bond acceptors (Lipinski definition) is 4. The quantitative estimate of drug-likeness (QED) is 0.850. The normalized spacial score (nSPS) is 19.0. The standard InChI is InChI=1S/C15H20N4O2/c1-10-7-16-19(8-10)13-5-4-6-18(9-13)15(20)14-11(2)17-21-12(14)3/h7-8,13H,4-6,9H2,1-3H3/t13-/m0/s1. The molecule has 3 rings (SSSR count). The largest absolute Gasteiger partial charge is 0.361 e. The molecule has 0 aromatic carbocycles. The fraction of sp³-hybridized carbons (Fsp3) is 0.533. The Morgan fingerprint density at radius 1 is 1.38 bits per heavy atom. The maximum Gasteiger partial charge on any atom is 0.259 e. The van der Waals surface area contributed by atoms with Gasteiger partial charge in [0.25, 0.3) is 5.91 Å². The van der Waals surface area contributed by atoms with Crippen LogP contribution in [0.3, 0.4) is 0 Å². The van der Waals surface area contributed by atoms with Gasteiger partial charge in [0.1, 0.15) is 11.3 Å². The Morgan fingerprint density at radius 2 is 2.19 bits per heavy atom. The predicted molar refractivity (Wildman–Crippen MR) is 77.1 cm³/mol. The molecule has 21 heavy (non-hydrogen) atoms. The van der Waals surface area contributed by atoms with E-state index < -0.39 is 0 Å². The fourth-order valence-corrected chi connectivity index (χ4v) is 2.93. The number of aryl methyl sites for hydroxylation is 3. The smallest absolute Gasteiger partial charge is 0.259 e. The summed E-state index contributed by atoms with van der Waals surface area (Å²) in [5, 5.41) is 8.25. The van der Waals surface area contributed by atoms with E-state index in [4.69, 9.17) is 4.52 Å². The molecule has 112 valence electrons. The van der Waals surface area contributed by atoms with Gasteiger partial charge in [-0.25, -0.2) is 0 Å². The van der Waals surface area contributed by atoms with E-state index >= 15 is 0 Å². The van der Waals surface area contributed by atoms with Crippen LogP contribution in [0.2, 0.25) is 0 Å². The first-order valence-electron chi connectivity index (χ1n) is 7.29. The molecule has 0 radical (unpaired) electrons. The van der Waals surface area contributed by atoms with Crippen molar-refractivity contribution in [3.8, 4) is 0 Å². The van der Waals surface area contributed by atoms with Crippen LogP contribution < -0.4 is 0 Å². The van der Waals surface area contributed by atoms with Crippen LogP contribution in [-0.2, 0) is 0 Å². The lowest BCUT2D eigenvalue weighted by Gasteiger charge is -2.32. The highest BCUT2D eigenvalue weighted by molar-refractivity contribution is 5.96. The van der Waals surface area contributed by atoms with E-state index in [1.165, 1.54) is 0 Å². The van der Waals surface area contributed by atoms with Gasteiger partial charge in [-0.15, -0.1) is 0 Å². The molecule has 1 saturated heterocycles. The molecule has 0 aliphatic carbocycles. The average Bonchev–Trinajstić information content (AvgIpc) is 3.05. The van der Waals surface area contributed by atoms with Crippen LogP contribution in [0.4, 0.5) is 0 Å². The van der Waals surface area contributed by atoms with Gasteiger partial charge in [-0.1, -0.05) is 5.16 Å². The summed E-state index contributed by atoms with van der Waals surface area (Å²) in [6.45, 7) is 7.08. The van der Waals surface area contributed by atoms with E-state index in [0.717, 1.165) is 24.9 Å². The SMILES string of the molecule is Cc1cnn([C@H]2CCCN(C(=O)c3c(C)noc3C)C2)c1. The monoisotopic (exact) mass is 288 g/mol. The van der Waals surface area contributed by atoms with Crippen molar-refractivity contribution in [3.63, 3.8) is 0 Å². The van der Waals surface area contributed by atoms with Gasteiger partial charge < -0.3 is 9.42 Å². The molecule has 0 bridgehead atoms. The molecule has 2 aromatic heterocycles. The van der Waals surface area contributed by atoms with Crippen LogP contribution in [0.5, 0.6) is 0 Å². The maximum atomic E-state index is 12.7. The second kappa shape index (κ2) is 5.35. The third kappa shape index (κ3) is 2.57. The van der Waals surface area contributed by atoms with Crippen LogP contribution in [0.25, 0.3) is 0 Å². The van der Waals surface area contributed by atoms with Gasteiger partial charge in [-0.05, 0) is 39.2 Å². The second-order valence-corrected chi connectivity index (χ2v) is 5.74. The molecule has 1 aliphatic heterocycles. The molecule has 3 heterocycles. The first kappa shape index (κ1) is 13.9. The number of amides is 1. The molecule has 1 atom stereocenters. The van der Waals surface area contributed by atoms with Crippen LogP contribution in [0.1, 0.15) is 46.3 Å². The highest BCUT2D eigenvalue weighted by atomic mass is 16.5. The van der Waals surface area contributed by atoms with E-state index in [1.807, 2.05) is 35.8 Å². The third-order valence-electron chi connectivity index (χ3n) is 4.04. The minimum Gasteiger partial charge on any atom is -0.361 e. The van der Waals surface area contributed by atoms with Crippen LogP contribution in [-0.4, -0.2) is 38.8 Å². The summed E-state index contributed by atoms with van der Waals surface area (Å²) in [5.74, 6) is 0.606. The van der Waals surface area contributed by atoms with E-state index in [0.29, 0.717) is 23.6 Å². The average molecular weight is 288 g/mol. The van der Waals surface area contributed by atoms with Gasteiger partial charge in [-0.3, -0.25) is 9.48 Å². The zero-order valence-electron chi connectivity index (χ0n) is 12.7. The molecule has 1 aliphatic rings. The summed E-state index contributed by atoms with van der Waals surface area (Å²) in [6, 6.07) is 0.247. The third-order valence-corrected chi connectivity index (χ3v) is 4.04. The lowest BCUT2D eigenvalue weighted by Crippen LogP contribution is -2.41. The van der Waals surface area contributed by atoms with Crippen molar-refractivity contribution in [1.29, 1.82) is 0 Å². The van der Waals surface area contributed by atoms with Crippen molar-refractivity contribution < 1.29 is 9.32 Å². The zero-order valence-corrected chi connectivity index (χ0v) is 12.7. The number of nitrogens with zero attached hydrogens (tertiary/aromatic N) is 4. The lowest BCUT2D eigenvalue weighted by molar-refractivity contribution is 0.0670. The Hall–Kier alpha value is -2.11. The first-order valence-corrected chi connectivity index (χ1v) is 7.29. The topological polar surface area (TPSA) is 64.2 Å². The molecule has 2 aromatic rings.